The summed E-state index contributed by atoms with van der Waals surface area (Å²) in [5.41, 5.74) is 0.286. The fourth-order valence-electron chi connectivity index (χ4n) is 0.806. The molecular formula is C9H7ClFNO. The van der Waals surface area contributed by atoms with Crippen LogP contribution < -0.4 is 0 Å². The Morgan fingerprint density at radius 3 is 3.08 bits per heavy atom. The van der Waals surface area contributed by atoms with Gasteiger partial charge < -0.3 is 4.79 Å². The molecule has 0 aliphatic carbocycles. The highest BCUT2D eigenvalue weighted by atomic mass is 35.5. The predicted octanol–water partition coefficient (Wildman–Crippen LogP) is 2.48. The average molecular weight is 200 g/mol. The number of allylic oxidation sites excluding steroid dienone is 1. The van der Waals surface area contributed by atoms with E-state index in [1.807, 2.05) is 0 Å². The van der Waals surface area contributed by atoms with Crippen LogP contribution in [0.1, 0.15) is 12.0 Å². The molecule has 0 aliphatic rings. The molecule has 2 nitrogen and oxygen atoms in total. The van der Waals surface area contributed by atoms with Gasteiger partial charge in [-0.15, -0.1) is 0 Å². The lowest BCUT2D eigenvalue weighted by Gasteiger charge is -1.95. The predicted molar refractivity (Wildman–Crippen MR) is 48.9 cm³/mol. The van der Waals surface area contributed by atoms with E-state index in [1.165, 1.54) is 18.3 Å². The molecule has 0 saturated carbocycles. The third kappa shape index (κ3) is 2.95. The number of rotatable bonds is 3. The molecule has 0 N–H and O–H groups in total. The maximum Gasteiger partial charge on any atom is 0.220 e. The Labute approximate surface area is 80.1 Å². The van der Waals surface area contributed by atoms with Crippen molar-refractivity contribution in [1.82, 2.24) is 4.98 Å². The summed E-state index contributed by atoms with van der Waals surface area (Å²) >= 11 is 5.60. The number of halogens is 2. The van der Waals surface area contributed by atoms with Crippen LogP contribution in [0.3, 0.4) is 0 Å². The van der Waals surface area contributed by atoms with E-state index in [0.717, 1.165) is 6.29 Å². The van der Waals surface area contributed by atoms with Gasteiger partial charge in [0, 0.05) is 18.2 Å². The Kier molecular flexibility index (Phi) is 3.58. The SMILES string of the molecule is O=CCC=Cc1cc(Cl)cnc1F. The van der Waals surface area contributed by atoms with Gasteiger partial charge in [0.2, 0.25) is 5.95 Å². The van der Waals surface area contributed by atoms with Gasteiger partial charge in [-0.05, 0) is 6.07 Å². The first-order valence-electron chi connectivity index (χ1n) is 3.65. The van der Waals surface area contributed by atoms with Crippen molar-refractivity contribution in [1.29, 1.82) is 0 Å². The van der Waals surface area contributed by atoms with Crippen LogP contribution in [-0.4, -0.2) is 11.3 Å². The van der Waals surface area contributed by atoms with Crippen molar-refractivity contribution in [2.45, 2.75) is 6.42 Å². The maximum absolute atomic E-state index is 12.9. The van der Waals surface area contributed by atoms with Crippen molar-refractivity contribution < 1.29 is 9.18 Å². The van der Waals surface area contributed by atoms with Crippen LogP contribution in [0.2, 0.25) is 5.02 Å². The van der Waals surface area contributed by atoms with Gasteiger partial charge in [0.05, 0.1) is 5.02 Å². The fraction of sp³-hybridized carbons (Fsp3) is 0.111. The molecule has 0 bridgehead atoms. The number of nitrogens with zero attached hydrogens (tertiary/aromatic N) is 1. The number of aldehydes is 1. The van der Waals surface area contributed by atoms with Gasteiger partial charge in [-0.1, -0.05) is 23.8 Å². The molecule has 0 atom stereocenters. The van der Waals surface area contributed by atoms with E-state index in [2.05, 4.69) is 4.98 Å². The molecule has 0 saturated heterocycles. The van der Waals surface area contributed by atoms with Gasteiger partial charge >= 0.3 is 0 Å². The standard InChI is InChI=1S/C9H7ClFNO/c10-8-5-7(3-1-2-4-13)9(11)12-6-8/h1,3-6H,2H2. The Morgan fingerprint density at radius 1 is 1.62 bits per heavy atom. The molecule has 1 heterocycles. The van der Waals surface area contributed by atoms with Crippen molar-refractivity contribution >= 4 is 24.0 Å². The number of carbonyl (C=O) groups excluding carboxylic acids is 1. The molecule has 0 aromatic carbocycles. The number of carbonyl (C=O) groups is 1. The van der Waals surface area contributed by atoms with E-state index in [1.54, 1.807) is 6.08 Å². The zero-order valence-electron chi connectivity index (χ0n) is 6.71. The molecule has 4 heteroatoms. The van der Waals surface area contributed by atoms with Crippen LogP contribution in [0.4, 0.5) is 4.39 Å². The normalized spacial score (nSPS) is 10.6. The largest absolute Gasteiger partial charge is 0.303 e. The number of hydrogen-bond donors (Lipinski definition) is 0. The first-order valence-corrected chi connectivity index (χ1v) is 4.03. The molecule has 1 aromatic rings. The van der Waals surface area contributed by atoms with Crippen LogP contribution in [0.25, 0.3) is 6.08 Å². The van der Waals surface area contributed by atoms with Gasteiger partial charge in [-0.3, -0.25) is 0 Å². The molecular weight excluding hydrogens is 193 g/mol. The maximum atomic E-state index is 12.9. The van der Waals surface area contributed by atoms with Crippen LogP contribution in [0.15, 0.2) is 18.3 Å². The zero-order valence-corrected chi connectivity index (χ0v) is 7.46. The Hall–Kier alpha value is -1.22. The summed E-state index contributed by atoms with van der Waals surface area (Å²) in [6.45, 7) is 0. The van der Waals surface area contributed by atoms with Crippen molar-refractivity contribution in [3.05, 3.63) is 34.9 Å². The second kappa shape index (κ2) is 4.72. The highest BCUT2D eigenvalue weighted by Crippen LogP contribution is 2.13. The van der Waals surface area contributed by atoms with E-state index in [4.69, 9.17) is 11.6 Å². The molecule has 0 unspecified atom stereocenters. The van der Waals surface area contributed by atoms with Gasteiger partial charge in [-0.2, -0.15) is 4.39 Å². The molecule has 0 amide bonds. The number of hydrogen-bond acceptors (Lipinski definition) is 2. The van der Waals surface area contributed by atoms with Crippen LogP contribution in [-0.2, 0) is 4.79 Å². The lowest BCUT2D eigenvalue weighted by molar-refractivity contribution is -0.107. The summed E-state index contributed by atoms with van der Waals surface area (Å²) in [6.07, 6.45) is 5.23. The minimum Gasteiger partial charge on any atom is -0.303 e. The van der Waals surface area contributed by atoms with E-state index < -0.39 is 5.95 Å². The minimum absolute atomic E-state index is 0.256. The number of aromatic nitrogens is 1. The smallest absolute Gasteiger partial charge is 0.220 e. The topological polar surface area (TPSA) is 30.0 Å². The highest BCUT2D eigenvalue weighted by Gasteiger charge is 1.99. The van der Waals surface area contributed by atoms with Crippen LogP contribution in [0, 0.1) is 5.95 Å². The van der Waals surface area contributed by atoms with Gasteiger partial charge in [0.25, 0.3) is 0 Å². The van der Waals surface area contributed by atoms with Gasteiger partial charge in [0.15, 0.2) is 0 Å². The van der Waals surface area contributed by atoms with Crippen molar-refractivity contribution in [3.8, 4) is 0 Å². The van der Waals surface area contributed by atoms with Gasteiger partial charge in [0.1, 0.15) is 6.29 Å². The summed E-state index contributed by atoms with van der Waals surface area (Å²) < 4.78 is 12.9. The molecule has 0 fully saturated rings. The lowest BCUT2D eigenvalue weighted by atomic mass is 10.2. The van der Waals surface area contributed by atoms with Crippen LogP contribution >= 0.6 is 11.6 Å². The molecule has 1 aromatic heterocycles. The van der Waals surface area contributed by atoms with E-state index >= 15 is 0 Å². The van der Waals surface area contributed by atoms with Crippen molar-refractivity contribution in [2.24, 2.45) is 0 Å². The molecule has 13 heavy (non-hydrogen) atoms. The molecule has 0 aliphatic heterocycles. The summed E-state index contributed by atoms with van der Waals surface area (Å²) in [4.78, 5) is 13.4. The third-order valence-electron chi connectivity index (χ3n) is 1.36. The third-order valence-corrected chi connectivity index (χ3v) is 1.57. The summed E-state index contributed by atoms with van der Waals surface area (Å²) in [6, 6.07) is 1.45. The summed E-state index contributed by atoms with van der Waals surface area (Å²) in [5, 5.41) is 0.368. The molecule has 1 rings (SSSR count). The van der Waals surface area contributed by atoms with E-state index in [0.29, 0.717) is 5.02 Å². The first-order chi connectivity index (χ1) is 6.24. The van der Waals surface area contributed by atoms with E-state index in [-0.39, 0.29) is 12.0 Å². The number of pyridine rings is 1. The zero-order chi connectivity index (χ0) is 9.68. The summed E-state index contributed by atoms with van der Waals surface area (Å²) in [7, 11) is 0. The Morgan fingerprint density at radius 2 is 2.38 bits per heavy atom. The monoisotopic (exact) mass is 199 g/mol. The van der Waals surface area contributed by atoms with E-state index in [9.17, 15) is 9.18 Å². The first kappa shape index (κ1) is 9.86. The van der Waals surface area contributed by atoms with Crippen molar-refractivity contribution in [2.75, 3.05) is 0 Å². The second-order valence-electron chi connectivity index (χ2n) is 2.34. The lowest BCUT2D eigenvalue weighted by Crippen LogP contribution is -1.86. The van der Waals surface area contributed by atoms with Gasteiger partial charge in [-0.25, -0.2) is 4.98 Å². The molecule has 0 radical (unpaired) electrons. The average Bonchev–Trinajstić information content (AvgIpc) is 2.11. The second-order valence-corrected chi connectivity index (χ2v) is 2.77. The Balaban J connectivity index is 2.86. The highest BCUT2D eigenvalue weighted by molar-refractivity contribution is 6.30. The van der Waals surface area contributed by atoms with Crippen molar-refractivity contribution in [3.63, 3.8) is 0 Å². The Bertz CT molecular complexity index is 338. The molecule has 0 spiro atoms. The quantitative estimate of drug-likeness (QED) is 0.553. The fourth-order valence-corrected chi connectivity index (χ4v) is 0.972. The van der Waals surface area contributed by atoms with Crippen LogP contribution in [0.5, 0.6) is 0 Å². The summed E-state index contributed by atoms with van der Waals surface area (Å²) in [5.74, 6) is -0.591. The molecule has 68 valence electrons. The minimum atomic E-state index is -0.591.